The Morgan fingerprint density at radius 1 is 0.913 bits per heavy atom. The molecule has 2 aromatic carbocycles. The van der Waals surface area contributed by atoms with Crippen LogP contribution in [0.25, 0.3) is 21.9 Å². The zero-order valence-electron chi connectivity index (χ0n) is 24.7. The molecule has 15 nitrogen and oxygen atoms in total. The first kappa shape index (κ1) is 33.5. The average molecular weight is 640 g/mol. The van der Waals surface area contributed by atoms with E-state index in [1.165, 1.54) is 30.3 Å². The molecule has 0 aliphatic carbocycles. The number of amides is 1. The zero-order valence-corrected chi connectivity index (χ0v) is 24.7. The lowest BCUT2D eigenvalue weighted by atomic mass is 10.1. The summed E-state index contributed by atoms with van der Waals surface area (Å²) in [5.74, 6) is -2.17. The van der Waals surface area contributed by atoms with Crippen LogP contribution in [-0.2, 0) is 4.79 Å². The lowest BCUT2D eigenvalue weighted by Crippen LogP contribution is -2.41. The van der Waals surface area contributed by atoms with Crippen LogP contribution in [0.2, 0.25) is 0 Å². The van der Waals surface area contributed by atoms with Crippen molar-refractivity contribution in [3.8, 4) is 17.4 Å². The van der Waals surface area contributed by atoms with E-state index in [1.807, 2.05) is 0 Å². The molecule has 0 saturated carbocycles. The molecule has 1 amide bonds. The fourth-order valence-electron chi connectivity index (χ4n) is 4.48. The smallest absolute Gasteiger partial charge is 0.326 e. The number of ether oxygens (including phenoxy) is 3. The largest absolute Gasteiger partial charge is 0.490 e. The summed E-state index contributed by atoms with van der Waals surface area (Å²) >= 11 is 0. The van der Waals surface area contributed by atoms with Gasteiger partial charge in [-0.15, -0.1) is 0 Å². The number of nitrogens with one attached hydrogen (secondary N) is 3. The summed E-state index contributed by atoms with van der Waals surface area (Å²) in [6, 6.07) is 9.80. The van der Waals surface area contributed by atoms with Crippen LogP contribution >= 0.6 is 0 Å². The van der Waals surface area contributed by atoms with E-state index in [4.69, 9.17) is 33.6 Å². The summed E-state index contributed by atoms with van der Waals surface area (Å²) in [6.07, 6.45) is -0.0101. The highest BCUT2D eigenvalue weighted by Crippen LogP contribution is 2.26. The van der Waals surface area contributed by atoms with Gasteiger partial charge in [-0.1, -0.05) is 12.1 Å². The van der Waals surface area contributed by atoms with Gasteiger partial charge in [0, 0.05) is 12.6 Å². The number of hydrogen-bond donors (Lipinski definition) is 6. The van der Waals surface area contributed by atoms with Crippen molar-refractivity contribution < 1.29 is 48.0 Å². The highest BCUT2D eigenvalue weighted by Gasteiger charge is 2.23. The minimum Gasteiger partial charge on any atom is -0.490 e. The number of amidine groups is 1. The summed E-state index contributed by atoms with van der Waals surface area (Å²) in [7, 11) is 0. The molecule has 0 aliphatic rings. The summed E-state index contributed by atoms with van der Waals surface area (Å²) in [6.45, 7) is 0.809. The van der Waals surface area contributed by atoms with Crippen molar-refractivity contribution in [3.63, 3.8) is 0 Å². The molecular weight excluding hydrogens is 606 g/mol. The molecule has 2 atom stereocenters. The van der Waals surface area contributed by atoms with E-state index in [-0.39, 0.29) is 64.8 Å². The first-order chi connectivity index (χ1) is 22.1. The number of aliphatic hydroxyl groups excluding tert-OH is 2. The number of carboxylic acid groups (broad SMARTS) is 1. The molecule has 0 saturated heterocycles. The molecule has 4 aromatic rings. The molecule has 4 rings (SSSR count). The van der Waals surface area contributed by atoms with Crippen LogP contribution in [0.5, 0.6) is 17.4 Å². The van der Waals surface area contributed by atoms with Gasteiger partial charge in [0.25, 0.3) is 11.9 Å². The van der Waals surface area contributed by atoms with E-state index in [0.717, 1.165) is 12.1 Å². The van der Waals surface area contributed by atoms with Crippen LogP contribution < -0.4 is 35.7 Å². The van der Waals surface area contributed by atoms with Crippen molar-refractivity contribution in [2.24, 2.45) is 0 Å². The fraction of sp³-hybridized carbons (Fsp3) is 0.323. The van der Waals surface area contributed by atoms with E-state index in [0.29, 0.717) is 25.2 Å². The predicted octanol–water partition coefficient (Wildman–Crippen LogP) is 1.99. The van der Waals surface area contributed by atoms with E-state index < -0.39 is 41.7 Å². The van der Waals surface area contributed by atoms with Crippen LogP contribution in [0.4, 0.5) is 0 Å². The van der Waals surface area contributed by atoms with Crippen molar-refractivity contribution in [3.05, 3.63) is 74.7 Å². The van der Waals surface area contributed by atoms with E-state index in [9.17, 15) is 29.4 Å². The lowest BCUT2D eigenvalue weighted by Gasteiger charge is -2.16. The molecule has 0 radical (unpaired) electrons. The highest BCUT2D eigenvalue weighted by molar-refractivity contribution is 5.96. The third-order valence-corrected chi connectivity index (χ3v) is 6.62. The van der Waals surface area contributed by atoms with E-state index in [2.05, 4.69) is 10.6 Å². The SMILES string of the molecule is CC(=N)NCCCCC(NC(=O)c1cc(=O)c2c(OCC(O)COc3cccc4oc(OCO)cc(=O)c34)cccc2o1)C(=O)O. The number of carboxylic acids is 1. The van der Waals surface area contributed by atoms with Crippen LogP contribution in [0, 0.1) is 5.41 Å². The number of carbonyl (C=O) groups excluding carboxylic acids is 1. The maximum Gasteiger partial charge on any atom is 0.326 e. The van der Waals surface area contributed by atoms with Crippen molar-refractivity contribution in [2.45, 2.75) is 38.3 Å². The predicted molar refractivity (Wildman–Crippen MR) is 164 cm³/mol. The molecular formula is C31H33N3O12. The third kappa shape index (κ3) is 8.61. The van der Waals surface area contributed by atoms with Crippen molar-refractivity contribution in [1.82, 2.24) is 10.6 Å². The monoisotopic (exact) mass is 639 g/mol. The number of hydrogen-bond acceptors (Lipinski definition) is 12. The maximum absolute atomic E-state index is 13.0. The molecule has 244 valence electrons. The number of aliphatic hydroxyl groups is 2. The van der Waals surface area contributed by atoms with Gasteiger partial charge in [-0.25, -0.2) is 4.79 Å². The molecule has 46 heavy (non-hydrogen) atoms. The zero-order chi connectivity index (χ0) is 33.2. The summed E-state index contributed by atoms with van der Waals surface area (Å²) in [5, 5.41) is 41.6. The highest BCUT2D eigenvalue weighted by atomic mass is 16.6. The molecule has 0 bridgehead atoms. The van der Waals surface area contributed by atoms with Gasteiger partial charge >= 0.3 is 5.97 Å². The number of carbonyl (C=O) groups is 2. The number of fused-ring (bicyclic) bond motifs is 2. The Morgan fingerprint density at radius 3 is 2.11 bits per heavy atom. The van der Waals surface area contributed by atoms with Crippen LogP contribution in [0.1, 0.15) is 36.7 Å². The van der Waals surface area contributed by atoms with Crippen molar-refractivity contribution in [2.75, 3.05) is 26.6 Å². The Morgan fingerprint density at radius 2 is 1.52 bits per heavy atom. The van der Waals surface area contributed by atoms with E-state index in [1.54, 1.807) is 13.0 Å². The van der Waals surface area contributed by atoms with Gasteiger partial charge in [-0.2, -0.15) is 0 Å². The lowest BCUT2D eigenvalue weighted by molar-refractivity contribution is -0.139. The van der Waals surface area contributed by atoms with Crippen LogP contribution in [0.15, 0.2) is 67.0 Å². The van der Waals surface area contributed by atoms with Gasteiger partial charge in [-0.3, -0.25) is 19.8 Å². The number of aliphatic carboxylic acids is 1. The fourth-order valence-corrected chi connectivity index (χ4v) is 4.48. The minimum atomic E-state index is -1.24. The normalized spacial score (nSPS) is 12.3. The molecule has 2 heterocycles. The maximum atomic E-state index is 13.0. The molecule has 0 aliphatic heterocycles. The van der Waals surface area contributed by atoms with Gasteiger partial charge in [0.2, 0.25) is 0 Å². The first-order valence-electron chi connectivity index (χ1n) is 14.2. The van der Waals surface area contributed by atoms with Crippen LogP contribution in [-0.4, -0.2) is 71.7 Å². The quantitative estimate of drug-likeness (QED) is 0.0446. The molecule has 0 spiro atoms. The standard InChI is InChI=1S/C31H33N3O12/c1-17(32)33-11-3-2-6-19(31(40)41)34-30(39)26-12-20(37)28-22(7-4-9-24(28)45-26)42-14-18(36)15-43-23-8-5-10-25-29(23)21(38)13-27(46-25)44-16-35/h4-5,7-10,12-13,18-19,35-36H,2-3,6,11,14-16H2,1H3,(H2,32,33)(H,34,39)(H,40,41). The van der Waals surface area contributed by atoms with Crippen molar-refractivity contribution >= 4 is 39.7 Å². The topological polar surface area (TPSA) is 231 Å². The molecule has 0 fully saturated rings. The summed E-state index contributed by atoms with van der Waals surface area (Å²) < 4.78 is 27.2. The summed E-state index contributed by atoms with van der Waals surface area (Å²) in [4.78, 5) is 50.1. The second kappa shape index (κ2) is 15.5. The van der Waals surface area contributed by atoms with Gasteiger partial charge in [0.1, 0.15) is 58.8 Å². The van der Waals surface area contributed by atoms with Gasteiger partial charge < -0.3 is 49.0 Å². The number of benzene rings is 2. The van der Waals surface area contributed by atoms with Crippen LogP contribution in [0.3, 0.4) is 0 Å². The van der Waals surface area contributed by atoms with Gasteiger partial charge in [0.15, 0.2) is 23.4 Å². The first-order valence-corrected chi connectivity index (χ1v) is 14.2. The Bertz CT molecular complexity index is 1830. The molecule has 15 heteroatoms. The number of rotatable bonds is 16. The second-order valence-corrected chi connectivity index (χ2v) is 10.1. The number of unbranched alkanes of at least 4 members (excludes halogenated alkanes) is 1. The van der Waals surface area contributed by atoms with Gasteiger partial charge in [-0.05, 0) is 50.5 Å². The average Bonchev–Trinajstić information content (AvgIpc) is 3.01. The molecule has 2 unspecified atom stereocenters. The Balaban J connectivity index is 1.39. The van der Waals surface area contributed by atoms with E-state index >= 15 is 0 Å². The second-order valence-electron chi connectivity index (χ2n) is 10.1. The minimum absolute atomic E-state index is 0.00325. The van der Waals surface area contributed by atoms with Gasteiger partial charge in [0.05, 0.1) is 11.9 Å². The third-order valence-electron chi connectivity index (χ3n) is 6.62. The summed E-state index contributed by atoms with van der Waals surface area (Å²) in [5.41, 5.74) is -0.952. The Labute approximate surface area is 260 Å². The molecule has 2 aromatic heterocycles. The van der Waals surface area contributed by atoms with Crippen molar-refractivity contribution in [1.29, 1.82) is 5.41 Å². The Hall–Kier alpha value is -5.41. The Kier molecular flexibility index (Phi) is 11.3. The molecule has 6 N–H and O–H groups in total.